The van der Waals surface area contributed by atoms with Crippen LogP contribution in [0.2, 0.25) is 0 Å². The molecule has 22 heavy (non-hydrogen) atoms. The van der Waals surface area contributed by atoms with E-state index in [2.05, 4.69) is 4.74 Å². The zero-order chi connectivity index (χ0) is 16.8. The number of ketones is 1. The molecule has 1 aromatic rings. The first-order chi connectivity index (χ1) is 10.2. The molecule has 5 heteroatoms. The third kappa shape index (κ3) is 5.91. The summed E-state index contributed by atoms with van der Waals surface area (Å²) in [6, 6.07) is 6.80. The highest BCUT2D eigenvalue weighted by atomic mass is 16.6. The Bertz CT molecular complexity index is 593. The van der Waals surface area contributed by atoms with Crippen molar-refractivity contribution in [2.75, 3.05) is 6.61 Å². The molecule has 0 unspecified atom stereocenters. The van der Waals surface area contributed by atoms with Gasteiger partial charge >= 0.3 is 11.9 Å². The summed E-state index contributed by atoms with van der Waals surface area (Å²) in [5, 5.41) is 0. The number of benzene rings is 1. The molecule has 0 bridgehead atoms. The summed E-state index contributed by atoms with van der Waals surface area (Å²) in [7, 11) is 0. The molecule has 0 N–H and O–H groups in total. The van der Waals surface area contributed by atoms with E-state index in [0.29, 0.717) is 11.3 Å². The monoisotopic (exact) mass is 304 g/mol. The lowest BCUT2D eigenvalue weighted by Crippen LogP contribution is -2.18. The van der Waals surface area contributed by atoms with Crippen LogP contribution in [0.1, 0.15) is 33.3 Å². The van der Waals surface area contributed by atoms with E-state index in [1.807, 2.05) is 20.8 Å². The van der Waals surface area contributed by atoms with Crippen LogP contribution in [0.15, 0.2) is 30.3 Å². The normalized spacial score (nSPS) is 11.3. The minimum absolute atomic E-state index is 0.0338. The van der Waals surface area contributed by atoms with Gasteiger partial charge in [0, 0.05) is 17.9 Å². The maximum Gasteiger partial charge on any atom is 0.349 e. The van der Waals surface area contributed by atoms with Gasteiger partial charge in [0.25, 0.3) is 0 Å². The van der Waals surface area contributed by atoms with Crippen molar-refractivity contribution in [3.63, 3.8) is 0 Å². The number of esters is 2. The Balaban J connectivity index is 2.82. The summed E-state index contributed by atoms with van der Waals surface area (Å²) < 4.78 is 9.71. The molecular weight excluding hydrogens is 284 g/mol. The van der Waals surface area contributed by atoms with Crippen LogP contribution in [0.3, 0.4) is 0 Å². The van der Waals surface area contributed by atoms with E-state index in [0.717, 1.165) is 0 Å². The molecule has 0 atom stereocenters. The van der Waals surface area contributed by atoms with E-state index in [1.165, 1.54) is 13.0 Å². The van der Waals surface area contributed by atoms with Crippen molar-refractivity contribution in [3.8, 4) is 5.75 Å². The molecular formula is C17H20O5. The van der Waals surface area contributed by atoms with Gasteiger partial charge in [-0.1, -0.05) is 39.0 Å². The molecule has 0 radical (unpaired) electrons. The van der Waals surface area contributed by atoms with Crippen LogP contribution < -0.4 is 4.74 Å². The Morgan fingerprint density at radius 2 is 1.77 bits per heavy atom. The smallest absolute Gasteiger partial charge is 0.349 e. The van der Waals surface area contributed by atoms with Crippen molar-refractivity contribution in [2.24, 2.45) is 5.41 Å². The maximum absolute atomic E-state index is 11.9. The predicted octanol–water partition coefficient (Wildman–Crippen LogP) is 2.78. The molecule has 0 amide bonds. The number of hydrogen-bond donors (Lipinski definition) is 0. The SMILES string of the molecule is CC(=O)OCC(=O)Oc1ccccc1/C=C\C(=O)C(C)(C)C. The molecule has 5 nitrogen and oxygen atoms in total. The van der Waals surface area contributed by atoms with E-state index in [-0.39, 0.29) is 5.78 Å². The Kier molecular flexibility index (Phi) is 6.04. The molecule has 1 aromatic carbocycles. The van der Waals surface area contributed by atoms with E-state index in [4.69, 9.17) is 4.74 Å². The molecule has 0 fully saturated rings. The van der Waals surface area contributed by atoms with Crippen molar-refractivity contribution >= 4 is 23.8 Å². The number of hydrogen-bond acceptors (Lipinski definition) is 5. The zero-order valence-electron chi connectivity index (χ0n) is 13.2. The van der Waals surface area contributed by atoms with Crippen LogP contribution in [0.5, 0.6) is 5.75 Å². The van der Waals surface area contributed by atoms with Gasteiger partial charge < -0.3 is 9.47 Å². The number of ether oxygens (including phenoxy) is 2. The highest BCUT2D eigenvalue weighted by molar-refractivity contribution is 5.97. The van der Waals surface area contributed by atoms with Crippen molar-refractivity contribution in [1.82, 2.24) is 0 Å². The fourth-order valence-electron chi connectivity index (χ4n) is 1.44. The first-order valence-electron chi connectivity index (χ1n) is 6.86. The van der Waals surface area contributed by atoms with Gasteiger partial charge in [-0.2, -0.15) is 0 Å². The molecule has 118 valence electrons. The van der Waals surface area contributed by atoms with Crippen molar-refractivity contribution in [1.29, 1.82) is 0 Å². The van der Waals surface area contributed by atoms with Crippen molar-refractivity contribution in [2.45, 2.75) is 27.7 Å². The first-order valence-corrected chi connectivity index (χ1v) is 6.86. The van der Waals surface area contributed by atoms with Gasteiger partial charge in [-0.05, 0) is 18.2 Å². The van der Waals surface area contributed by atoms with Crippen LogP contribution in [0, 0.1) is 5.41 Å². The number of para-hydroxylation sites is 1. The largest absolute Gasteiger partial charge is 0.454 e. The molecule has 1 rings (SSSR count). The lowest BCUT2D eigenvalue weighted by atomic mass is 9.90. The summed E-state index contributed by atoms with van der Waals surface area (Å²) in [5.41, 5.74) is 0.119. The maximum atomic E-state index is 11.9. The minimum Gasteiger partial charge on any atom is -0.454 e. The van der Waals surface area contributed by atoms with E-state index < -0.39 is 24.0 Å². The Morgan fingerprint density at radius 1 is 1.14 bits per heavy atom. The quantitative estimate of drug-likeness (QED) is 0.475. The molecule has 0 saturated carbocycles. The summed E-state index contributed by atoms with van der Waals surface area (Å²) in [5.74, 6) is -0.967. The van der Waals surface area contributed by atoms with E-state index >= 15 is 0 Å². The molecule has 0 spiro atoms. The highest BCUT2D eigenvalue weighted by Crippen LogP contribution is 2.21. The van der Waals surface area contributed by atoms with Crippen LogP contribution in [0.25, 0.3) is 6.08 Å². The summed E-state index contributed by atoms with van der Waals surface area (Å²) in [6.45, 7) is 6.23. The Morgan fingerprint density at radius 3 is 2.36 bits per heavy atom. The average Bonchev–Trinajstić information content (AvgIpc) is 2.42. The van der Waals surface area contributed by atoms with Crippen molar-refractivity contribution in [3.05, 3.63) is 35.9 Å². The minimum atomic E-state index is -0.682. The molecule has 0 heterocycles. The van der Waals surface area contributed by atoms with Crippen LogP contribution in [-0.4, -0.2) is 24.3 Å². The number of allylic oxidation sites excluding steroid dienone is 1. The average molecular weight is 304 g/mol. The van der Waals surface area contributed by atoms with Crippen molar-refractivity contribution < 1.29 is 23.9 Å². The van der Waals surface area contributed by atoms with Gasteiger partial charge in [0.2, 0.25) is 0 Å². The fraction of sp³-hybridized carbons (Fsp3) is 0.353. The molecule has 0 aromatic heterocycles. The Hall–Kier alpha value is -2.43. The number of carbonyl (C=O) groups excluding carboxylic acids is 3. The topological polar surface area (TPSA) is 69.7 Å². The lowest BCUT2D eigenvalue weighted by Gasteiger charge is -2.13. The second-order valence-electron chi connectivity index (χ2n) is 5.74. The lowest BCUT2D eigenvalue weighted by molar-refractivity contribution is -0.152. The number of carbonyl (C=O) groups is 3. The zero-order valence-corrected chi connectivity index (χ0v) is 13.2. The third-order valence-corrected chi connectivity index (χ3v) is 2.69. The molecule has 0 saturated heterocycles. The fourth-order valence-corrected chi connectivity index (χ4v) is 1.44. The summed E-state index contributed by atoms with van der Waals surface area (Å²) in [4.78, 5) is 34.1. The standard InChI is InChI=1S/C17H20O5/c1-12(18)21-11-16(20)22-14-8-6-5-7-13(14)9-10-15(19)17(2,3)4/h5-10H,11H2,1-4H3/b10-9-. The molecule has 0 aliphatic rings. The van der Waals surface area contributed by atoms with Gasteiger partial charge in [0.05, 0.1) is 0 Å². The van der Waals surface area contributed by atoms with E-state index in [1.54, 1.807) is 30.3 Å². The predicted molar refractivity (Wildman–Crippen MR) is 82.2 cm³/mol. The second kappa shape index (κ2) is 7.54. The van der Waals surface area contributed by atoms with Gasteiger partial charge in [-0.15, -0.1) is 0 Å². The van der Waals surface area contributed by atoms with Gasteiger partial charge in [0.1, 0.15) is 5.75 Å². The van der Waals surface area contributed by atoms with Crippen LogP contribution >= 0.6 is 0 Å². The van der Waals surface area contributed by atoms with Crippen LogP contribution in [0.4, 0.5) is 0 Å². The molecule has 0 aliphatic heterocycles. The van der Waals surface area contributed by atoms with E-state index in [9.17, 15) is 14.4 Å². The number of rotatable bonds is 5. The third-order valence-electron chi connectivity index (χ3n) is 2.69. The van der Waals surface area contributed by atoms with Crippen LogP contribution in [-0.2, 0) is 19.1 Å². The van der Waals surface area contributed by atoms with Gasteiger partial charge in [0.15, 0.2) is 12.4 Å². The van der Waals surface area contributed by atoms with Gasteiger partial charge in [-0.25, -0.2) is 4.79 Å². The first kappa shape index (κ1) is 17.6. The summed E-state index contributed by atoms with van der Waals surface area (Å²) in [6.07, 6.45) is 3.06. The summed E-state index contributed by atoms with van der Waals surface area (Å²) >= 11 is 0. The molecule has 0 aliphatic carbocycles. The second-order valence-corrected chi connectivity index (χ2v) is 5.74. The highest BCUT2D eigenvalue weighted by Gasteiger charge is 2.18. The van der Waals surface area contributed by atoms with Gasteiger partial charge in [-0.3, -0.25) is 9.59 Å². The Labute approximate surface area is 129 Å².